The second-order valence-electron chi connectivity index (χ2n) is 14.5. The molecule has 6 rings (SSSR count). The maximum absolute atomic E-state index is 13.7. The van der Waals surface area contributed by atoms with Crippen molar-refractivity contribution in [3.63, 3.8) is 0 Å². The summed E-state index contributed by atoms with van der Waals surface area (Å²) in [5.74, 6) is -1.79. The lowest BCUT2D eigenvalue weighted by Crippen LogP contribution is -2.72. The maximum atomic E-state index is 13.7. The van der Waals surface area contributed by atoms with Gasteiger partial charge in [0.2, 0.25) is 17.7 Å². The van der Waals surface area contributed by atoms with E-state index in [0.29, 0.717) is 24.0 Å². The monoisotopic (exact) mass is 707 g/mol. The Labute approximate surface area is 297 Å². The van der Waals surface area contributed by atoms with Gasteiger partial charge in [0.15, 0.2) is 0 Å². The molecule has 0 saturated heterocycles. The second-order valence-corrected chi connectivity index (χ2v) is 15.5. The number of esters is 2. The van der Waals surface area contributed by atoms with Crippen molar-refractivity contribution in [1.29, 1.82) is 0 Å². The van der Waals surface area contributed by atoms with Gasteiger partial charge in [-0.2, -0.15) is 11.8 Å². The average molecular weight is 708 g/mol. The highest BCUT2D eigenvalue weighted by molar-refractivity contribution is 7.98. The molecule has 0 radical (unpaired) electrons. The van der Waals surface area contributed by atoms with Crippen LogP contribution in [0.5, 0.6) is 5.75 Å². The number of hydrogen-bond donors (Lipinski definition) is 6. The van der Waals surface area contributed by atoms with Gasteiger partial charge in [0.05, 0.1) is 12.6 Å². The Balaban J connectivity index is 1.20. The summed E-state index contributed by atoms with van der Waals surface area (Å²) < 4.78 is 5.52. The predicted molar refractivity (Wildman–Crippen MR) is 189 cm³/mol. The van der Waals surface area contributed by atoms with Gasteiger partial charge < -0.3 is 37.3 Å². The lowest BCUT2D eigenvalue weighted by atomic mass is 9.42. The van der Waals surface area contributed by atoms with Crippen LogP contribution < -0.4 is 27.4 Å². The van der Waals surface area contributed by atoms with Gasteiger partial charge in [-0.1, -0.05) is 49.4 Å². The Kier molecular flexibility index (Phi) is 11.9. The number of ether oxygens (including phenoxy) is 1. The largest absolute Gasteiger partial charge is 0.508 e. The van der Waals surface area contributed by atoms with Gasteiger partial charge in [-0.05, 0) is 103 Å². The molecule has 12 nitrogen and oxygen atoms in total. The van der Waals surface area contributed by atoms with Crippen molar-refractivity contribution in [3.05, 3.63) is 65.7 Å². The molecule has 3 amide bonds. The van der Waals surface area contributed by atoms with Gasteiger partial charge in [-0.25, -0.2) is 9.59 Å². The molecule has 4 fully saturated rings. The first-order valence-corrected chi connectivity index (χ1v) is 18.7. The van der Waals surface area contributed by atoms with Crippen LogP contribution in [0.25, 0.3) is 0 Å². The molecule has 13 heteroatoms. The molecule has 4 bridgehead atoms. The van der Waals surface area contributed by atoms with E-state index in [0.717, 1.165) is 43.2 Å². The average Bonchev–Trinajstić information content (AvgIpc) is 3.08. The highest BCUT2D eigenvalue weighted by atomic mass is 32.2. The van der Waals surface area contributed by atoms with E-state index < -0.39 is 65.3 Å². The standard InChI is InChI=1S/C37H49N5O7S/c1-36-19-24-14-25(20-36)16-26(15-24)37(36,39)35(48)49-34(47)30(18-22-6-4-3-5-7-22)41-31(44)21-40-33(46)29(12-13-50-2)42-32(45)28(38)17-23-8-10-27(43)11-9-23/h3-11,24-26,28-30,43H,12-21,38-39H2,1-2H3,(H,40,46)(H,41,44)(H,42,45)/t24?,25?,26?,28-,29+,30-,36?,37?/m0/s1. The Morgan fingerprint density at radius 3 is 2.16 bits per heavy atom. The van der Waals surface area contributed by atoms with Crippen molar-refractivity contribution >= 4 is 41.4 Å². The van der Waals surface area contributed by atoms with Crippen LogP contribution in [0.2, 0.25) is 0 Å². The van der Waals surface area contributed by atoms with Gasteiger partial charge in [-0.15, -0.1) is 0 Å². The van der Waals surface area contributed by atoms with Gasteiger partial charge in [0.1, 0.15) is 23.4 Å². The molecule has 4 saturated carbocycles. The van der Waals surface area contributed by atoms with E-state index in [9.17, 15) is 29.1 Å². The number of phenols is 1. The molecule has 4 aliphatic rings. The first-order valence-electron chi connectivity index (χ1n) is 17.3. The normalized spacial score (nSPS) is 26.7. The van der Waals surface area contributed by atoms with Gasteiger partial charge in [-0.3, -0.25) is 14.4 Å². The molecular weight excluding hydrogens is 659 g/mol. The third-order valence-electron chi connectivity index (χ3n) is 10.9. The van der Waals surface area contributed by atoms with E-state index in [4.69, 9.17) is 16.2 Å². The zero-order valence-electron chi connectivity index (χ0n) is 28.7. The minimum Gasteiger partial charge on any atom is -0.508 e. The van der Waals surface area contributed by atoms with E-state index in [-0.39, 0.29) is 24.5 Å². The highest BCUT2D eigenvalue weighted by Crippen LogP contribution is 2.63. The van der Waals surface area contributed by atoms with Crippen LogP contribution >= 0.6 is 11.8 Å². The Morgan fingerprint density at radius 2 is 1.54 bits per heavy atom. The Hall–Kier alpha value is -3.94. The summed E-state index contributed by atoms with van der Waals surface area (Å²) >= 11 is 1.49. The van der Waals surface area contributed by atoms with Crippen LogP contribution in [-0.2, 0) is 41.6 Å². The summed E-state index contributed by atoms with van der Waals surface area (Å²) in [5, 5.41) is 17.4. The summed E-state index contributed by atoms with van der Waals surface area (Å²) in [6.45, 7) is 1.55. The second kappa shape index (κ2) is 15.9. The van der Waals surface area contributed by atoms with Crippen LogP contribution in [0.3, 0.4) is 0 Å². The first kappa shape index (κ1) is 37.3. The lowest BCUT2D eigenvalue weighted by Gasteiger charge is -2.63. The number of rotatable bonds is 15. The van der Waals surface area contributed by atoms with Gasteiger partial charge in [0.25, 0.3) is 0 Å². The molecule has 4 aliphatic carbocycles. The van der Waals surface area contributed by atoms with Crippen molar-refractivity contribution in [1.82, 2.24) is 16.0 Å². The van der Waals surface area contributed by atoms with Crippen LogP contribution in [0.1, 0.15) is 56.6 Å². The number of nitrogens with two attached hydrogens (primary N) is 2. The molecule has 0 heterocycles. The van der Waals surface area contributed by atoms with Crippen LogP contribution in [-0.4, -0.2) is 77.0 Å². The molecule has 270 valence electrons. The van der Waals surface area contributed by atoms with Gasteiger partial charge in [0, 0.05) is 6.42 Å². The van der Waals surface area contributed by atoms with E-state index in [1.54, 1.807) is 36.4 Å². The maximum Gasteiger partial charge on any atom is 0.336 e. The number of amides is 3. The number of hydrogen-bond acceptors (Lipinski definition) is 10. The summed E-state index contributed by atoms with van der Waals surface area (Å²) in [7, 11) is 0. The molecule has 2 aromatic rings. The molecular formula is C37H49N5O7S. The molecule has 2 aromatic carbocycles. The fourth-order valence-corrected chi connectivity index (χ4v) is 8.93. The minimum atomic E-state index is -1.28. The molecule has 3 unspecified atom stereocenters. The predicted octanol–water partition coefficient (Wildman–Crippen LogP) is 1.96. The third kappa shape index (κ3) is 8.50. The fraction of sp³-hybridized carbons (Fsp3) is 0.541. The fourth-order valence-electron chi connectivity index (χ4n) is 8.46. The van der Waals surface area contributed by atoms with Gasteiger partial charge >= 0.3 is 11.9 Å². The molecule has 0 spiro atoms. The zero-order chi connectivity index (χ0) is 36.1. The first-order chi connectivity index (χ1) is 23.8. The van der Waals surface area contributed by atoms with Crippen LogP contribution in [0.15, 0.2) is 54.6 Å². The minimum absolute atomic E-state index is 0.0559. The zero-order valence-corrected chi connectivity index (χ0v) is 29.5. The summed E-state index contributed by atoms with van der Waals surface area (Å²) in [4.78, 5) is 66.6. The van der Waals surface area contributed by atoms with Crippen LogP contribution in [0.4, 0.5) is 0 Å². The van der Waals surface area contributed by atoms with Crippen molar-refractivity contribution in [3.8, 4) is 5.75 Å². The van der Waals surface area contributed by atoms with E-state index in [2.05, 4.69) is 16.0 Å². The van der Waals surface area contributed by atoms with E-state index in [1.807, 2.05) is 19.2 Å². The SMILES string of the molecule is CSCC[C@@H](NC(=O)[C@@H](N)Cc1ccc(O)cc1)C(=O)NCC(=O)N[C@@H](Cc1ccccc1)C(=O)OC(=O)C1(N)C2CC3CC(C2)CC1(C)C3. The summed E-state index contributed by atoms with van der Waals surface area (Å²) in [5.41, 5.74) is 12.8. The van der Waals surface area contributed by atoms with Crippen molar-refractivity contribution in [2.24, 2.45) is 34.6 Å². The number of aromatic hydroxyl groups is 1. The quantitative estimate of drug-likeness (QED) is 0.117. The molecule has 50 heavy (non-hydrogen) atoms. The van der Waals surface area contributed by atoms with Crippen molar-refractivity contribution < 1.29 is 33.8 Å². The van der Waals surface area contributed by atoms with E-state index >= 15 is 0 Å². The van der Waals surface area contributed by atoms with Crippen LogP contribution in [0, 0.1) is 23.2 Å². The topological polar surface area (TPSA) is 203 Å². The number of carbonyl (C=O) groups excluding carboxylic acids is 5. The Morgan fingerprint density at radius 1 is 0.900 bits per heavy atom. The summed E-state index contributed by atoms with van der Waals surface area (Å²) in [6.07, 6.45) is 6.92. The van der Waals surface area contributed by atoms with Crippen molar-refractivity contribution in [2.75, 3.05) is 18.6 Å². The molecule has 8 N–H and O–H groups in total. The number of carbonyl (C=O) groups is 5. The number of thioether (sulfide) groups is 1. The Bertz CT molecular complexity index is 1540. The number of benzene rings is 2. The summed E-state index contributed by atoms with van der Waals surface area (Å²) in [6, 6.07) is 12.2. The molecule has 6 atom stereocenters. The van der Waals surface area contributed by atoms with Crippen molar-refractivity contribution in [2.45, 2.75) is 82.0 Å². The third-order valence-corrected chi connectivity index (χ3v) is 11.5. The molecule has 0 aromatic heterocycles. The van der Waals surface area contributed by atoms with E-state index in [1.165, 1.54) is 23.9 Å². The smallest absolute Gasteiger partial charge is 0.336 e. The number of phenolic OH excluding ortho intramolecular Hbond substituents is 1. The highest BCUT2D eigenvalue weighted by Gasteiger charge is 2.66. The lowest BCUT2D eigenvalue weighted by molar-refractivity contribution is -0.185. The molecule has 0 aliphatic heterocycles. The number of nitrogens with one attached hydrogen (secondary N) is 3.